The van der Waals surface area contributed by atoms with Crippen molar-refractivity contribution in [2.24, 2.45) is 17.1 Å². The summed E-state index contributed by atoms with van der Waals surface area (Å²) in [6.45, 7) is 11.3. The Balaban J connectivity index is 4.04. The molecule has 80 valence electrons. The predicted octanol–water partition coefficient (Wildman–Crippen LogP) is 3.58. The van der Waals surface area contributed by atoms with Gasteiger partial charge in [-0.25, -0.2) is 0 Å². The topological polar surface area (TPSA) is 26.0 Å². The van der Waals surface area contributed by atoms with Crippen molar-refractivity contribution in [1.82, 2.24) is 0 Å². The molecule has 0 amide bonds. The summed E-state index contributed by atoms with van der Waals surface area (Å²) < 4.78 is 0. The summed E-state index contributed by atoms with van der Waals surface area (Å²) in [6, 6.07) is 0.363. The van der Waals surface area contributed by atoms with Crippen LogP contribution in [0.1, 0.15) is 60.3 Å². The number of hydrogen-bond donors (Lipinski definition) is 1. The van der Waals surface area contributed by atoms with Crippen molar-refractivity contribution >= 4 is 0 Å². The van der Waals surface area contributed by atoms with Crippen LogP contribution in [0, 0.1) is 11.3 Å². The third-order valence-corrected chi connectivity index (χ3v) is 3.66. The highest BCUT2D eigenvalue weighted by Gasteiger charge is 2.25. The maximum absolute atomic E-state index is 6.21. The molecule has 0 aromatic carbocycles. The van der Waals surface area contributed by atoms with Crippen LogP contribution >= 0.6 is 0 Å². The Hall–Kier alpha value is -0.0400. The monoisotopic (exact) mass is 185 g/mol. The molecule has 0 saturated carbocycles. The van der Waals surface area contributed by atoms with E-state index in [-0.39, 0.29) is 0 Å². The zero-order valence-electron chi connectivity index (χ0n) is 10.1. The van der Waals surface area contributed by atoms with Crippen LogP contribution in [0.4, 0.5) is 0 Å². The molecule has 0 rings (SSSR count). The van der Waals surface area contributed by atoms with E-state index in [1.807, 2.05) is 0 Å². The molecule has 1 atom stereocenters. The quantitative estimate of drug-likeness (QED) is 0.672. The Morgan fingerprint density at radius 2 is 1.54 bits per heavy atom. The first-order valence-electron chi connectivity index (χ1n) is 5.73. The lowest BCUT2D eigenvalue weighted by Crippen LogP contribution is -2.38. The van der Waals surface area contributed by atoms with Gasteiger partial charge in [0, 0.05) is 6.04 Å². The van der Waals surface area contributed by atoms with Crippen LogP contribution in [0.5, 0.6) is 0 Å². The molecule has 0 fully saturated rings. The third-order valence-electron chi connectivity index (χ3n) is 3.66. The van der Waals surface area contributed by atoms with Gasteiger partial charge < -0.3 is 5.73 Å². The molecule has 1 unspecified atom stereocenters. The van der Waals surface area contributed by atoms with E-state index in [1.54, 1.807) is 0 Å². The van der Waals surface area contributed by atoms with Crippen LogP contribution < -0.4 is 5.73 Å². The molecule has 0 saturated heterocycles. The van der Waals surface area contributed by atoms with E-state index in [0.29, 0.717) is 11.5 Å². The average molecular weight is 185 g/mol. The fourth-order valence-electron chi connectivity index (χ4n) is 1.56. The highest BCUT2D eigenvalue weighted by molar-refractivity contribution is 4.81. The summed E-state index contributed by atoms with van der Waals surface area (Å²) >= 11 is 0. The lowest BCUT2D eigenvalue weighted by molar-refractivity contribution is 0.230. The summed E-state index contributed by atoms with van der Waals surface area (Å²) in [5, 5.41) is 0. The molecule has 0 radical (unpaired) electrons. The van der Waals surface area contributed by atoms with Crippen LogP contribution in [0.2, 0.25) is 0 Å². The first-order valence-corrected chi connectivity index (χ1v) is 5.73. The Labute approximate surface area is 84.1 Å². The molecule has 0 aromatic heterocycles. The second kappa shape index (κ2) is 5.64. The molecule has 13 heavy (non-hydrogen) atoms. The molecule has 1 heteroatoms. The van der Waals surface area contributed by atoms with Gasteiger partial charge in [-0.1, -0.05) is 47.5 Å². The summed E-state index contributed by atoms with van der Waals surface area (Å²) in [4.78, 5) is 0. The van der Waals surface area contributed by atoms with Crippen LogP contribution in [0.25, 0.3) is 0 Å². The minimum absolute atomic E-state index is 0.308. The molecule has 0 aliphatic rings. The molecule has 0 aliphatic carbocycles. The second-order valence-corrected chi connectivity index (χ2v) is 4.87. The van der Waals surface area contributed by atoms with Gasteiger partial charge >= 0.3 is 0 Å². The summed E-state index contributed by atoms with van der Waals surface area (Å²) in [5.74, 6) is 0.820. The minimum Gasteiger partial charge on any atom is -0.327 e. The lowest BCUT2D eigenvalue weighted by Gasteiger charge is -2.32. The zero-order chi connectivity index (χ0) is 10.5. The Morgan fingerprint density at radius 3 is 1.85 bits per heavy atom. The highest BCUT2D eigenvalue weighted by atomic mass is 14.7. The Kier molecular flexibility index (Phi) is 5.62. The van der Waals surface area contributed by atoms with E-state index in [1.165, 1.54) is 25.7 Å². The van der Waals surface area contributed by atoms with E-state index in [0.717, 1.165) is 5.92 Å². The molecule has 0 spiro atoms. The summed E-state index contributed by atoms with van der Waals surface area (Å²) in [5.41, 5.74) is 6.52. The highest BCUT2D eigenvalue weighted by Crippen LogP contribution is 2.29. The van der Waals surface area contributed by atoms with Gasteiger partial charge in [0.25, 0.3) is 0 Å². The van der Waals surface area contributed by atoms with E-state index in [4.69, 9.17) is 5.73 Å². The van der Waals surface area contributed by atoms with Gasteiger partial charge in [-0.05, 0) is 24.2 Å². The molecule has 0 heterocycles. The molecule has 0 aliphatic heterocycles. The van der Waals surface area contributed by atoms with Gasteiger partial charge in [-0.3, -0.25) is 0 Å². The minimum atomic E-state index is 0.308. The van der Waals surface area contributed by atoms with Crippen molar-refractivity contribution in [3.63, 3.8) is 0 Å². The van der Waals surface area contributed by atoms with Crippen molar-refractivity contribution in [1.29, 1.82) is 0 Å². The van der Waals surface area contributed by atoms with Gasteiger partial charge in [-0.2, -0.15) is 0 Å². The van der Waals surface area contributed by atoms with E-state index in [9.17, 15) is 0 Å². The van der Waals surface area contributed by atoms with Crippen molar-refractivity contribution in [3.05, 3.63) is 0 Å². The van der Waals surface area contributed by atoms with Gasteiger partial charge in [0.05, 0.1) is 0 Å². The van der Waals surface area contributed by atoms with Gasteiger partial charge in [0.15, 0.2) is 0 Å². The van der Waals surface area contributed by atoms with Crippen LogP contribution in [0.15, 0.2) is 0 Å². The molecule has 0 bridgehead atoms. The van der Waals surface area contributed by atoms with Crippen molar-refractivity contribution in [2.75, 3.05) is 0 Å². The first-order chi connectivity index (χ1) is 5.97. The normalized spacial score (nSPS) is 15.0. The predicted molar refractivity (Wildman–Crippen MR) is 60.7 cm³/mol. The number of nitrogens with two attached hydrogens (primary N) is 1. The zero-order valence-corrected chi connectivity index (χ0v) is 10.1. The smallest absolute Gasteiger partial charge is 0.00928 e. The van der Waals surface area contributed by atoms with Gasteiger partial charge in [0.1, 0.15) is 0 Å². The maximum atomic E-state index is 6.21. The third kappa shape index (κ3) is 4.12. The maximum Gasteiger partial charge on any atom is 0.00928 e. The van der Waals surface area contributed by atoms with Crippen LogP contribution in [0.3, 0.4) is 0 Å². The van der Waals surface area contributed by atoms with E-state index < -0.39 is 0 Å². The molecule has 2 N–H and O–H groups in total. The van der Waals surface area contributed by atoms with Crippen LogP contribution in [-0.2, 0) is 0 Å². The molecule has 1 nitrogen and oxygen atoms in total. The largest absolute Gasteiger partial charge is 0.327 e. The fourth-order valence-corrected chi connectivity index (χ4v) is 1.56. The molecular weight excluding hydrogens is 158 g/mol. The van der Waals surface area contributed by atoms with E-state index >= 15 is 0 Å². The van der Waals surface area contributed by atoms with Crippen molar-refractivity contribution in [3.8, 4) is 0 Å². The van der Waals surface area contributed by atoms with Crippen LogP contribution in [-0.4, -0.2) is 6.04 Å². The van der Waals surface area contributed by atoms with Crippen molar-refractivity contribution < 1.29 is 0 Å². The SMILES string of the molecule is CCC(CC)CC(N)C(C)(C)CC. The molecular formula is C12H27N. The van der Waals surface area contributed by atoms with Crippen molar-refractivity contribution in [2.45, 2.75) is 66.3 Å². The lowest BCUT2D eigenvalue weighted by atomic mass is 9.77. The Morgan fingerprint density at radius 1 is 1.08 bits per heavy atom. The average Bonchev–Trinajstić information content (AvgIpc) is 2.13. The van der Waals surface area contributed by atoms with E-state index in [2.05, 4.69) is 34.6 Å². The second-order valence-electron chi connectivity index (χ2n) is 4.87. The number of hydrogen-bond acceptors (Lipinski definition) is 1. The van der Waals surface area contributed by atoms with Gasteiger partial charge in [0.2, 0.25) is 0 Å². The summed E-state index contributed by atoms with van der Waals surface area (Å²) in [7, 11) is 0. The standard InChI is InChI=1S/C12H27N/c1-6-10(7-2)9-11(13)12(4,5)8-3/h10-11H,6-9,13H2,1-5H3. The number of rotatable bonds is 6. The summed E-state index contributed by atoms with van der Waals surface area (Å²) in [6.07, 6.45) is 4.90. The Bertz CT molecular complexity index is 125. The molecule has 0 aromatic rings. The fraction of sp³-hybridized carbons (Fsp3) is 1.00. The van der Waals surface area contributed by atoms with Gasteiger partial charge in [-0.15, -0.1) is 0 Å². The first kappa shape index (κ1) is 13.0.